The van der Waals surface area contributed by atoms with Crippen molar-refractivity contribution in [2.45, 2.75) is 33.4 Å². The molecule has 0 aromatic carbocycles. The minimum atomic E-state index is -1.47. The Morgan fingerprint density at radius 3 is 2.30 bits per heavy atom. The van der Waals surface area contributed by atoms with E-state index in [0.717, 1.165) is 13.2 Å². The van der Waals surface area contributed by atoms with Crippen LogP contribution in [0.2, 0.25) is 13.1 Å². The molecular weight excluding hydrogens is 142 g/mol. The molecule has 0 heterocycles. The highest BCUT2D eigenvalue weighted by atomic mass is 28.4. The molecule has 0 radical (unpaired) electrons. The lowest BCUT2D eigenvalue weighted by atomic mass is 10.5. The highest BCUT2D eigenvalue weighted by Crippen LogP contribution is 1.98. The summed E-state index contributed by atoms with van der Waals surface area (Å²) < 4.78 is 5.56. The molecule has 0 amide bonds. The smallest absolute Gasteiger partial charge is 0.262 e. The van der Waals surface area contributed by atoms with E-state index < -0.39 is 8.48 Å². The van der Waals surface area contributed by atoms with Gasteiger partial charge in [0.15, 0.2) is 0 Å². The molecule has 0 bridgehead atoms. The average Bonchev–Trinajstić information content (AvgIpc) is 1.84. The van der Waals surface area contributed by atoms with Crippen LogP contribution in [0.15, 0.2) is 0 Å². The monoisotopic (exact) mass is 161 g/mol. The van der Waals surface area contributed by atoms with Crippen LogP contribution in [0.25, 0.3) is 0 Å². The van der Waals surface area contributed by atoms with E-state index in [-0.39, 0.29) is 0 Å². The first-order valence-electron chi connectivity index (χ1n) is 4.01. The molecule has 0 aliphatic rings. The van der Waals surface area contributed by atoms with Crippen LogP contribution >= 0.6 is 0 Å². The summed E-state index contributed by atoms with van der Waals surface area (Å²) in [5.41, 5.74) is 0. The predicted molar refractivity (Wildman–Crippen MR) is 47.4 cm³/mol. The lowest BCUT2D eigenvalue weighted by molar-refractivity contribution is 0.319. The van der Waals surface area contributed by atoms with Gasteiger partial charge < -0.3 is 9.41 Å². The van der Waals surface area contributed by atoms with Crippen molar-refractivity contribution >= 4 is 8.48 Å². The van der Waals surface area contributed by atoms with Gasteiger partial charge >= 0.3 is 0 Å². The molecule has 0 atom stereocenters. The Morgan fingerprint density at radius 2 is 1.90 bits per heavy atom. The molecule has 2 nitrogen and oxygen atoms in total. The molecule has 0 fully saturated rings. The zero-order valence-electron chi connectivity index (χ0n) is 7.53. The third-order valence-electron chi connectivity index (χ3n) is 1.31. The first-order chi connectivity index (χ1) is 4.62. The molecular formula is C7H19NOSi. The quantitative estimate of drug-likeness (QED) is 0.620. The van der Waals surface area contributed by atoms with Gasteiger partial charge in [0.05, 0.1) is 0 Å². The van der Waals surface area contributed by atoms with E-state index in [1.807, 2.05) is 6.92 Å². The summed E-state index contributed by atoms with van der Waals surface area (Å²) in [6.45, 7) is 10.5. The van der Waals surface area contributed by atoms with E-state index in [2.05, 4.69) is 25.0 Å². The van der Waals surface area contributed by atoms with Gasteiger partial charge in [-0.3, -0.25) is 0 Å². The van der Waals surface area contributed by atoms with Crippen molar-refractivity contribution in [1.82, 2.24) is 4.98 Å². The molecule has 62 valence electrons. The molecule has 0 aromatic rings. The van der Waals surface area contributed by atoms with Crippen LogP contribution in [0.3, 0.4) is 0 Å². The number of nitrogens with one attached hydrogen (secondary N) is 1. The maximum absolute atomic E-state index is 5.56. The lowest BCUT2D eigenvalue weighted by Gasteiger charge is -2.22. The Labute approximate surface area is 65.2 Å². The Balaban J connectivity index is 3.42. The number of hydrogen-bond donors (Lipinski definition) is 1. The van der Waals surface area contributed by atoms with Crippen molar-refractivity contribution < 1.29 is 4.43 Å². The summed E-state index contributed by atoms with van der Waals surface area (Å²) >= 11 is 0. The van der Waals surface area contributed by atoms with Gasteiger partial charge in [0.1, 0.15) is 0 Å². The highest BCUT2D eigenvalue weighted by Gasteiger charge is 2.19. The molecule has 0 aliphatic heterocycles. The summed E-state index contributed by atoms with van der Waals surface area (Å²) in [6.07, 6.45) is 1.18. The second-order valence-corrected chi connectivity index (χ2v) is 6.53. The van der Waals surface area contributed by atoms with E-state index >= 15 is 0 Å². The number of hydrogen-bond acceptors (Lipinski definition) is 2. The fourth-order valence-corrected chi connectivity index (χ4v) is 2.51. The molecule has 1 N–H and O–H groups in total. The summed E-state index contributed by atoms with van der Waals surface area (Å²) in [5, 5.41) is 0. The zero-order chi connectivity index (χ0) is 8.04. The molecule has 0 unspecified atom stereocenters. The van der Waals surface area contributed by atoms with E-state index in [1.165, 1.54) is 6.42 Å². The van der Waals surface area contributed by atoms with Crippen LogP contribution in [0.4, 0.5) is 0 Å². The fourth-order valence-electron chi connectivity index (χ4n) is 0.838. The lowest BCUT2D eigenvalue weighted by Crippen LogP contribution is -2.48. The van der Waals surface area contributed by atoms with Gasteiger partial charge in [-0.05, 0) is 33.0 Å². The van der Waals surface area contributed by atoms with Crippen LogP contribution in [0.1, 0.15) is 20.3 Å². The maximum atomic E-state index is 5.56. The third-order valence-corrected chi connectivity index (χ3v) is 3.42. The Kier molecular flexibility index (Phi) is 4.94. The minimum absolute atomic E-state index is 0.829. The van der Waals surface area contributed by atoms with E-state index in [9.17, 15) is 0 Å². The predicted octanol–water partition coefficient (Wildman–Crippen LogP) is 1.72. The molecule has 10 heavy (non-hydrogen) atoms. The van der Waals surface area contributed by atoms with E-state index in [0.29, 0.717) is 0 Å². The molecule has 0 aliphatic carbocycles. The van der Waals surface area contributed by atoms with Crippen LogP contribution in [-0.2, 0) is 4.43 Å². The van der Waals surface area contributed by atoms with Gasteiger partial charge in [0.25, 0.3) is 8.48 Å². The van der Waals surface area contributed by atoms with Crippen LogP contribution in [-0.4, -0.2) is 21.6 Å². The topological polar surface area (TPSA) is 21.3 Å². The van der Waals surface area contributed by atoms with Gasteiger partial charge in [0, 0.05) is 6.61 Å². The molecule has 0 rings (SSSR count). The summed E-state index contributed by atoms with van der Waals surface area (Å²) in [6, 6.07) is 0. The van der Waals surface area contributed by atoms with Crippen LogP contribution in [0, 0.1) is 0 Å². The Bertz CT molecular complexity index is 85.7. The first kappa shape index (κ1) is 10.1. The van der Waals surface area contributed by atoms with Gasteiger partial charge in [-0.15, -0.1) is 0 Å². The SMILES string of the molecule is CCCN[Si](C)(C)OCC. The molecule has 0 spiro atoms. The zero-order valence-corrected chi connectivity index (χ0v) is 8.53. The molecule has 0 saturated heterocycles. The second kappa shape index (κ2) is 4.88. The fraction of sp³-hybridized carbons (Fsp3) is 1.00. The van der Waals surface area contributed by atoms with Gasteiger partial charge in [-0.1, -0.05) is 6.92 Å². The summed E-state index contributed by atoms with van der Waals surface area (Å²) in [7, 11) is -1.47. The van der Waals surface area contributed by atoms with Crippen molar-refractivity contribution in [3.8, 4) is 0 Å². The average molecular weight is 161 g/mol. The van der Waals surface area contributed by atoms with Crippen molar-refractivity contribution in [3.05, 3.63) is 0 Å². The van der Waals surface area contributed by atoms with Crippen molar-refractivity contribution in [3.63, 3.8) is 0 Å². The highest BCUT2D eigenvalue weighted by molar-refractivity contribution is 6.68. The van der Waals surface area contributed by atoms with Crippen LogP contribution in [0.5, 0.6) is 0 Å². The Morgan fingerprint density at radius 1 is 1.30 bits per heavy atom. The van der Waals surface area contributed by atoms with Gasteiger partial charge in [0.2, 0.25) is 0 Å². The van der Waals surface area contributed by atoms with Crippen molar-refractivity contribution in [2.24, 2.45) is 0 Å². The van der Waals surface area contributed by atoms with Crippen molar-refractivity contribution in [1.29, 1.82) is 0 Å². The third kappa shape index (κ3) is 4.96. The first-order valence-corrected chi connectivity index (χ1v) is 6.92. The summed E-state index contributed by atoms with van der Waals surface area (Å²) in [5.74, 6) is 0. The largest absolute Gasteiger partial charge is 0.404 e. The normalized spacial score (nSPS) is 12.0. The Hall–Kier alpha value is 0.137. The standard InChI is InChI=1S/C7H19NOSi/c1-5-7-8-10(3,4)9-6-2/h8H,5-7H2,1-4H3. The molecule has 0 aromatic heterocycles. The summed E-state index contributed by atoms with van der Waals surface area (Å²) in [4.78, 5) is 3.43. The number of rotatable bonds is 5. The van der Waals surface area contributed by atoms with Crippen LogP contribution < -0.4 is 4.98 Å². The molecule has 0 saturated carbocycles. The maximum Gasteiger partial charge on any atom is 0.262 e. The van der Waals surface area contributed by atoms with E-state index in [1.54, 1.807) is 0 Å². The van der Waals surface area contributed by atoms with Gasteiger partial charge in [-0.25, -0.2) is 0 Å². The molecule has 3 heteroatoms. The van der Waals surface area contributed by atoms with Gasteiger partial charge in [-0.2, -0.15) is 0 Å². The second-order valence-electron chi connectivity index (χ2n) is 2.87. The van der Waals surface area contributed by atoms with Crippen molar-refractivity contribution in [2.75, 3.05) is 13.2 Å². The van der Waals surface area contributed by atoms with E-state index in [4.69, 9.17) is 4.43 Å². The minimum Gasteiger partial charge on any atom is -0.404 e.